The molecule has 0 fully saturated rings. The molecule has 1 atom stereocenters. The summed E-state index contributed by atoms with van der Waals surface area (Å²) in [7, 11) is 0. The van der Waals surface area contributed by atoms with Crippen LogP contribution in [-0.2, 0) is 25.9 Å². The summed E-state index contributed by atoms with van der Waals surface area (Å²) in [6, 6.07) is 17.8. The molecule has 3 heteroatoms. The molecular formula is C20H23N3. The molecule has 1 aliphatic carbocycles. The van der Waals surface area contributed by atoms with E-state index in [2.05, 4.69) is 65.3 Å². The van der Waals surface area contributed by atoms with Gasteiger partial charge in [0.2, 0.25) is 0 Å². The Morgan fingerprint density at radius 1 is 1.09 bits per heavy atom. The topological polar surface area (TPSA) is 29.9 Å². The molecule has 1 aliphatic rings. The number of nitrogens with one attached hydrogen (secondary N) is 1. The number of fused-ring (bicyclic) bond motifs is 2. The van der Waals surface area contributed by atoms with Gasteiger partial charge in [-0.3, -0.25) is 0 Å². The number of nitrogens with zero attached hydrogens (tertiary/aromatic N) is 2. The Hall–Kier alpha value is -2.13. The van der Waals surface area contributed by atoms with Crippen LogP contribution in [0.4, 0.5) is 0 Å². The fourth-order valence-corrected chi connectivity index (χ4v) is 3.72. The van der Waals surface area contributed by atoms with Crippen LogP contribution in [0.3, 0.4) is 0 Å². The monoisotopic (exact) mass is 305 g/mol. The highest BCUT2D eigenvalue weighted by atomic mass is 15.1. The van der Waals surface area contributed by atoms with E-state index < -0.39 is 0 Å². The number of rotatable bonds is 4. The Kier molecular flexibility index (Phi) is 3.88. The number of benzene rings is 2. The van der Waals surface area contributed by atoms with Crippen LogP contribution in [-0.4, -0.2) is 15.6 Å². The van der Waals surface area contributed by atoms with Crippen molar-refractivity contribution in [3.8, 4) is 0 Å². The Morgan fingerprint density at radius 2 is 1.87 bits per heavy atom. The molecule has 0 radical (unpaired) electrons. The molecule has 3 aromatic rings. The van der Waals surface area contributed by atoms with E-state index in [-0.39, 0.29) is 0 Å². The lowest BCUT2D eigenvalue weighted by Gasteiger charge is -2.25. The van der Waals surface area contributed by atoms with Gasteiger partial charge in [-0.25, -0.2) is 4.98 Å². The predicted octanol–water partition coefficient (Wildman–Crippen LogP) is 3.70. The summed E-state index contributed by atoms with van der Waals surface area (Å²) in [5.74, 6) is 1.15. The largest absolute Gasteiger partial charge is 0.327 e. The van der Waals surface area contributed by atoms with Gasteiger partial charge in [-0.1, -0.05) is 36.4 Å². The zero-order valence-corrected chi connectivity index (χ0v) is 13.6. The number of aryl methyl sites for hydroxylation is 2. The van der Waals surface area contributed by atoms with Crippen molar-refractivity contribution in [2.45, 2.75) is 45.3 Å². The van der Waals surface area contributed by atoms with Gasteiger partial charge in [0.1, 0.15) is 5.82 Å². The fourth-order valence-electron chi connectivity index (χ4n) is 3.72. The van der Waals surface area contributed by atoms with Crippen LogP contribution in [0.25, 0.3) is 11.0 Å². The van der Waals surface area contributed by atoms with Crippen molar-refractivity contribution in [1.29, 1.82) is 0 Å². The maximum absolute atomic E-state index is 4.81. The maximum atomic E-state index is 4.81. The molecule has 1 heterocycles. The molecule has 0 spiro atoms. The normalized spacial score (nSPS) is 17.3. The van der Waals surface area contributed by atoms with E-state index in [1.807, 2.05) is 0 Å². The standard InChI is InChI=1S/C20H23N3/c1-2-23-19-10-6-5-9-18(19)22-20(23)14-21-17-12-11-15-7-3-4-8-16(15)13-17/h3-10,17,21H,2,11-14H2,1H3/t17-/m1/s1. The number of hydrogen-bond donors (Lipinski definition) is 1. The minimum atomic E-state index is 0.551. The third-order valence-corrected chi connectivity index (χ3v) is 4.95. The van der Waals surface area contributed by atoms with Crippen LogP contribution >= 0.6 is 0 Å². The van der Waals surface area contributed by atoms with E-state index in [1.54, 1.807) is 0 Å². The van der Waals surface area contributed by atoms with Crippen LogP contribution in [0.2, 0.25) is 0 Å². The molecule has 1 N–H and O–H groups in total. The quantitative estimate of drug-likeness (QED) is 0.796. The molecule has 0 unspecified atom stereocenters. The second-order valence-corrected chi connectivity index (χ2v) is 6.35. The van der Waals surface area contributed by atoms with Crippen LogP contribution in [0, 0.1) is 0 Å². The Morgan fingerprint density at radius 3 is 2.74 bits per heavy atom. The average Bonchev–Trinajstić information content (AvgIpc) is 2.97. The Bertz CT molecular complexity index is 819. The maximum Gasteiger partial charge on any atom is 0.123 e. The minimum Gasteiger partial charge on any atom is -0.327 e. The highest BCUT2D eigenvalue weighted by molar-refractivity contribution is 5.75. The van der Waals surface area contributed by atoms with Crippen molar-refractivity contribution in [2.24, 2.45) is 0 Å². The molecule has 23 heavy (non-hydrogen) atoms. The molecule has 0 aliphatic heterocycles. The number of imidazole rings is 1. The van der Waals surface area contributed by atoms with Crippen LogP contribution in [0.15, 0.2) is 48.5 Å². The smallest absolute Gasteiger partial charge is 0.123 e. The first-order valence-corrected chi connectivity index (χ1v) is 8.59. The summed E-state index contributed by atoms with van der Waals surface area (Å²) in [6.45, 7) is 3.99. The van der Waals surface area contributed by atoms with Gasteiger partial charge >= 0.3 is 0 Å². The molecule has 0 amide bonds. The van der Waals surface area contributed by atoms with Gasteiger partial charge < -0.3 is 9.88 Å². The Labute approximate surface area is 137 Å². The summed E-state index contributed by atoms with van der Waals surface area (Å²) in [5.41, 5.74) is 5.35. The van der Waals surface area contributed by atoms with Gasteiger partial charge in [0, 0.05) is 12.6 Å². The molecule has 2 aromatic carbocycles. The fraction of sp³-hybridized carbons (Fsp3) is 0.350. The highest BCUT2D eigenvalue weighted by Gasteiger charge is 2.18. The number of para-hydroxylation sites is 2. The lowest BCUT2D eigenvalue weighted by atomic mass is 9.88. The van der Waals surface area contributed by atoms with Gasteiger partial charge in [0.05, 0.1) is 17.6 Å². The van der Waals surface area contributed by atoms with Crippen molar-refractivity contribution in [3.63, 3.8) is 0 Å². The van der Waals surface area contributed by atoms with E-state index in [4.69, 9.17) is 4.98 Å². The predicted molar refractivity (Wildman–Crippen MR) is 94.5 cm³/mol. The van der Waals surface area contributed by atoms with Crippen molar-refractivity contribution < 1.29 is 0 Å². The average molecular weight is 305 g/mol. The van der Waals surface area contributed by atoms with Gasteiger partial charge in [-0.15, -0.1) is 0 Å². The second kappa shape index (κ2) is 6.17. The van der Waals surface area contributed by atoms with Crippen molar-refractivity contribution in [1.82, 2.24) is 14.9 Å². The lowest BCUT2D eigenvalue weighted by molar-refractivity contribution is 0.446. The molecule has 118 valence electrons. The molecule has 3 nitrogen and oxygen atoms in total. The molecule has 4 rings (SSSR count). The summed E-state index contributed by atoms with van der Waals surface area (Å²) in [4.78, 5) is 4.81. The van der Waals surface area contributed by atoms with E-state index in [9.17, 15) is 0 Å². The van der Waals surface area contributed by atoms with Crippen molar-refractivity contribution >= 4 is 11.0 Å². The highest BCUT2D eigenvalue weighted by Crippen LogP contribution is 2.22. The molecular weight excluding hydrogens is 282 g/mol. The van der Waals surface area contributed by atoms with Gasteiger partial charge in [0.25, 0.3) is 0 Å². The first-order valence-electron chi connectivity index (χ1n) is 8.59. The third kappa shape index (κ3) is 2.77. The van der Waals surface area contributed by atoms with E-state index in [0.29, 0.717) is 6.04 Å². The molecule has 0 saturated heterocycles. The summed E-state index contributed by atoms with van der Waals surface area (Å²) >= 11 is 0. The molecule has 0 saturated carbocycles. The zero-order valence-electron chi connectivity index (χ0n) is 13.6. The first kappa shape index (κ1) is 14.5. The molecule has 1 aromatic heterocycles. The first-order chi connectivity index (χ1) is 11.3. The second-order valence-electron chi connectivity index (χ2n) is 6.35. The van der Waals surface area contributed by atoms with Crippen molar-refractivity contribution in [3.05, 3.63) is 65.5 Å². The molecule has 0 bridgehead atoms. The lowest BCUT2D eigenvalue weighted by Crippen LogP contribution is -2.34. The summed E-state index contributed by atoms with van der Waals surface area (Å²) < 4.78 is 2.32. The summed E-state index contributed by atoms with van der Waals surface area (Å²) in [6.07, 6.45) is 3.52. The zero-order chi connectivity index (χ0) is 15.6. The van der Waals surface area contributed by atoms with Gasteiger partial charge in [0.15, 0.2) is 0 Å². The van der Waals surface area contributed by atoms with Crippen LogP contribution < -0.4 is 5.32 Å². The van der Waals surface area contributed by atoms with Crippen LogP contribution in [0.1, 0.15) is 30.3 Å². The number of hydrogen-bond acceptors (Lipinski definition) is 2. The van der Waals surface area contributed by atoms with Crippen molar-refractivity contribution in [2.75, 3.05) is 0 Å². The van der Waals surface area contributed by atoms with Crippen LogP contribution in [0.5, 0.6) is 0 Å². The van der Waals surface area contributed by atoms with Gasteiger partial charge in [-0.05, 0) is 49.4 Å². The third-order valence-electron chi connectivity index (χ3n) is 4.95. The number of aromatic nitrogens is 2. The van der Waals surface area contributed by atoms with E-state index in [1.165, 1.54) is 29.5 Å². The van der Waals surface area contributed by atoms with E-state index >= 15 is 0 Å². The minimum absolute atomic E-state index is 0.551. The Balaban J connectivity index is 1.50. The van der Waals surface area contributed by atoms with Gasteiger partial charge in [-0.2, -0.15) is 0 Å². The summed E-state index contributed by atoms with van der Waals surface area (Å²) in [5, 5.41) is 3.73. The van der Waals surface area contributed by atoms with E-state index in [0.717, 1.165) is 30.9 Å². The SMILES string of the molecule is CCn1c(CN[C@@H]2CCc3ccccc3C2)nc2ccccc21.